The van der Waals surface area contributed by atoms with Crippen LogP contribution >= 0.6 is 11.3 Å². The highest BCUT2D eigenvalue weighted by Gasteiger charge is 2.29. The summed E-state index contributed by atoms with van der Waals surface area (Å²) in [6.45, 7) is 3.75. The van der Waals surface area contributed by atoms with E-state index in [-0.39, 0.29) is 23.7 Å². The third-order valence-corrected chi connectivity index (χ3v) is 6.92. The molecular formula is C22H24N6O2S. The largest absolute Gasteiger partial charge is 0.342 e. The maximum absolute atomic E-state index is 13.0. The first-order valence-corrected chi connectivity index (χ1v) is 11.2. The number of benzene rings is 1. The van der Waals surface area contributed by atoms with Gasteiger partial charge in [0.15, 0.2) is 0 Å². The molecule has 1 saturated heterocycles. The van der Waals surface area contributed by atoms with Gasteiger partial charge in [-0.3, -0.25) is 23.8 Å². The van der Waals surface area contributed by atoms with Crippen LogP contribution in [0.4, 0.5) is 0 Å². The van der Waals surface area contributed by atoms with Crippen LogP contribution in [-0.4, -0.2) is 64.4 Å². The SMILES string of the molecule is Cn1c(=O)n(-c2ccc(C(=O)NC3C=NC=CC3N3CCNCC3)s2)c2ccccc21. The molecule has 160 valence electrons. The standard InChI is InChI=1S/C22H24N6O2S/c1-26-17-4-2-3-5-18(17)28(22(26)30)20-7-6-19(31-20)21(29)25-15-14-24-9-8-16(15)27-12-10-23-11-13-27/h2-9,14-16,23H,10-13H2,1H3,(H,25,29). The number of aryl methyl sites for hydroxylation is 1. The fourth-order valence-electron chi connectivity index (χ4n) is 4.24. The normalized spacial score (nSPS) is 21.6. The lowest BCUT2D eigenvalue weighted by molar-refractivity contribution is 0.0928. The second-order valence-corrected chi connectivity index (χ2v) is 8.78. The van der Waals surface area contributed by atoms with Gasteiger partial charge in [-0.15, -0.1) is 11.3 Å². The molecule has 31 heavy (non-hydrogen) atoms. The van der Waals surface area contributed by atoms with Crippen molar-refractivity contribution in [2.75, 3.05) is 26.2 Å². The highest BCUT2D eigenvalue weighted by Crippen LogP contribution is 2.24. The summed E-state index contributed by atoms with van der Waals surface area (Å²) in [4.78, 5) is 33.0. The molecule has 0 spiro atoms. The molecule has 2 aliphatic rings. The number of carbonyl (C=O) groups excluding carboxylic acids is 1. The summed E-state index contributed by atoms with van der Waals surface area (Å²) in [5.74, 6) is -0.156. The molecule has 4 heterocycles. The number of para-hydroxylation sites is 2. The van der Waals surface area contributed by atoms with Crippen LogP contribution in [0.1, 0.15) is 9.67 Å². The number of nitrogens with one attached hydrogen (secondary N) is 2. The van der Waals surface area contributed by atoms with Gasteiger partial charge >= 0.3 is 5.69 Å². The van der Waals surface area contributed by atoms with Gasteiger partial charge in [0.2, 0.25) is 0 Å². The summed E-state index contributed by atoms with van der Waals surface area (Å²) in [5, 5.41) is 7.20. The average Bonchev–Trinajstić information content (AvgIpc) is 3.38. The fraction of sp³-hybridized carbons (Fsp3) is 0.318. The Morgan fingerprint density at radius 2 is 1.94 bits per heavy atom. The van der Waals surface area contributed by atoms with Crippen molar-refractivity contribution in [3.63, 3.8) is 0 Å². The van der Waals surface area contributed by atoms with Crippen LogP contribution in [0.2, 0.25) is 0 Å². The monoisotopic (exact) mass is 436 g/mol. The number of hydrogen-bond acceptors (Lipinski definition) is 6. The van der Waals surface area contributed by atoms with Gasteiger partial charge in [0.1, 0.15) is 5.00 Å². The summed E-state index contributed by atoms with van der Waals surface area (Å²) in [6.07, 6.45) is 5.64. The average molecular weight is 437 g/mol. The van der Waals surface area contributed by atoms with E-state index in [2.05, 4.69) is 20.5 Å². The predicted octanol–water partition coefficient (Wildman–Crippen LogP) is 1.36. The zero-order valence-corrected chi connectivity index (χ0v) is 18.0. The first-order valence-electron chi connectivity index (χ1n) is 10.4. The lowest BCUT2D eigenvalue weighted by Crippen LogP contribution is -2.57. The van der Waals surface area contributed by atoms with E-state index in [9.17, 15) is 9.59 Å². The Morgan fingerprint density at radius 3 is 2.74 bits per heavy atom. The quantitative estimate of drug-likeness (QED) is 0.647. The minimum atomic E-state index is -0.193. The van der Waals surface area contributed by atoms with Crippen molar-refractivity contribution in [3.05, 3.63) is 64.0 Å². The Morgan fingerprint density at radius 1 is 1.16 bits per heavy atom. The minimum Gasteiger partial charge on any atom is -0.342 e. The Balaban J connectivity index is 1.38. The number of carbonyl (C=O) groups is 1. The highest BCUT2D eigenvalue weighted by molar-refractivity contribution is 7.16. The molecule has 2 atom stereocenters. The van der Waals surface area contributed by atoms with Gasteiger partial charge in [0.05, 0.1) is 28.0 Å². The van der Waals surface area contributed by atoms with Crippen molar-refractivity contribution < 1.29 is 4.79 Å². The van der Waals surface area contributed by atoms with Crippen LogP contribution in [0.3, 0.4) is 0 Å². The van der Waals surface area contributed by atoms with Crippen LogP contribution in [0.15, 0.2) is 58.5 Å². The van der Waals surface area contributed by atoms with Gasteiger partial charge in [0, 0.05) is 45.6 Å². The van der Waals surface area contributed by atoms with E-state index < -0.39 is 0 Å². The van der Waals surface area contributed by atoms with Crippen molar-refractivity contribution >= 4 is 34.5 Å². The maximum Gasteiger partial charge on any atom is 0.334 e. The molecule has 9 heteroatoms. The smallest absolute Gasteiger partial charge is 0.334 e. The molecular weight excluding hydrogens is 412 g/mol. The molecule has 0 radical (unpaired) electrons. The van der Waals surface area contributed by atoms with E-state index in [0.29, 0.717) is 4.88 Å². The van der Waals surface area contributed by atoms with E-state index in [0.717, 1.165) is 42.2 Å². The number of aliphatic imine (C=N–C) groups is 1. The molecule has 2 N–H and O–H groups in total. The van der Waals surface area contributed by atoms with Crippen molar-refractivity contribution in [3.8, 4) is 5.00 Å². The summed E-state index contributed by atoms with van der Waals surface area (Å²) < 4.78 is 3.28. The minimum absolute atomic E-state index is 0.0867. The van der Waals surface area contributed by atoms with Crippen molar-refractivity contribution in [1.29, 1.82) is 0 Å². The predicted molar refractivity (Wildman–Crippen MR) is 124 cm³/mol. The second-order valence-electron chi connectivity index (χ2n) is 7.72. The highest BCUT2D eigenvalue weighted by atomic mass is 32.1. The summed E-state index contributed by atoms with van der Waals surface area (Å²) >= 11 is 1.31. The number of thiophene rings is 1. The van der Waals surface area contributed by atoms with E-state index in [1.165, 1.54) is 11.3 Å². The molecule has 2 aromatic heterocycles. The zero-order chi connectivity index (χ0) is 21.4. The first-order chi connectivity index (χ1) is 15.1. The number of rotatable bonds is 4. The van der Waals surface area contributed by atoms with E-state index in [4.69, 9.17) is 0 Å². The number of aromatic nitrogens is 2. The van der Waals surface area contributed by atoms with Gasteiger partial charge in [-0.2, -0.15) is 0 Å². The number of amides is 1. The summed E-state index contributed by atoms with van der Waals surface area (Å²) in [7, 11) is 1.76. The van der Waals surface area contributed by atoms with E-state index >= 15 is 0 Å². The molecule has 0 aliphatic carbocycles. The van der Waals surface area contributed by atoms with Gasteiger partial charge in [0.25, 0.3) is 5.91 Å². The van der Waals surface area contributed by atoms with Crippen LogP contribution in [-0.2, 0) is 7.05 Å². The number of fused-ring (bicyclic) bond motifs is 1. The Labute approximate surface area is 183 Å². The number of hydrogen-bond donors (Lipinski definition) is 2. The van der Waals surface area contributed by atoms with Gasteiger partial charge in [-0.25, -0.2) is 4.79 Å². The zero-order valence-electron chi connectivity index (χ0n) is 17.2. The van der Waals surface area contributed by atoms with Crippen LogP contribution in [0.5, 0.6) is 0 Å². The van der Waals surface area contributed by atoms with Crippen LogP contribution in [0, 0.1) is 0 Å². The molecule has 0 saturated carbocycles. The van der Waals surface area contributed by atoms with Crippen molar-refractivity contribution in [2.45, 2.75) is 12.1 Å². The Kier molecular flexibility index (Phi) is 5.31. The molecule has 5 rings (SSSR count). The summed E-state index contributed by atoms with van der Waals surface area (Å²) in [5.41, 5.74) is 1.56. The lowest BCUT2D eigenvalue weighted by Gasteiger charge is -2.37. The lowest BCUT2D eigenvalue weighted by atomic mass is 10.0. The number of nitrogens with zero attached hydrogens (tertiary/aromatic N) is 4. The topological polar surface area (TPSA) is 83.7 Å². The van der Waals surface area contributed by atoms with Crippen molar-refractivity contribution in [1.82, 2.24) is 24.7 Å². The van der Waals surface area contributed by atoms with Crippen LogP contribution in [0.25, 0.3) is 16.0 Å². The van der Waals surface area contributed by atoms with Crippen LogP contribution < -0.4 is 16.3 Å². The van der Waals surface area contributed by atoms with E-state index in [1.54, 1.807) is 34.7 Å². The third kappa shape index (κ3) is 3.65. The molecule has 8 nitrogen and oxygen atoms in total. The summed E-state index contributed by atoms with van der Waals surface area (Å²) in [6, 6.07) is 11.2. The number of imidazole rings is 1. The number of piperazine rings is 1. The molecule has 3 aromatic rings. The maximum atomic E-state index is 13.0. The molecule has 1 fully saturated rings. The fourth-order valence-corrected chi connectivity index (χ4v) is 5.16. The van der Waals surface area contributed by atoms with Gasteiger partial charge in [-0.1, -0.05) is 12.1 Å². The third-order valence-electron chi connectivity index (χ3n) is 5.85. The van der Waals surface area contributed by atoms with Gasteiger partial charge < -0.3 is 10.6 Å². The first kappa shape index (κ1) is 19.9. The Hall–Kier alpha value is -3.01. The Bertz CT molecular complexity index is 1230. The van der Waals surface area contributed by atoms with Gasteiger partial charge in [-0.05, 0) is 30.3 Å². The molecule has 2 aliphatic heterocycles. The van der Waals surface area contributed by atoms with E-state index in [1.807, 2.05) is 36.4 Å². The molecule has 2 unspecified atom stereocenters. The molecule has 1 amide bonds. The van der Waals surface area contributed by atoms with Crippen molar-refractivity contribution in [2.24, 2.45) is 12.0 Å². The second kappa shape index (κ2) is 8.26. The molecule has 0 bridgehead atoms. The molecule has 1 aromatic carbocycles.